The van der Waals surface area contributed by atoms with Crippen LogP contribution < -0.4 is 10.5 Å². The summed E-state index contributed by atoms with van der Waals surface area (Å²) in [6.07, 6.45) is 0.977. The molecule has 0 fully saturated rings. The molecule has 2 N–H and O–H groups in total. The Labute approximate surface area is 107 Å². The molecule has 0 aliphatic carbocycles. The van der Waals surface area contributed by atoms with Crippen molar-refractivity contribution in [2.75, 3.05) is 6.61 Å². The highest BCUT2D eigenvalue weighted by Gasteiger charge is 2.09. The van der Waals surface area contributed by atoms with E-state index in [1.165, 1.54) is 0 Å². The third-order valence-corrected chi connectivity index (χ3v) is 2.80. The highest BCUT2D eigenvalue weighted by molar-refractivity contribution is 6.37. The lowest BCUT2D eigenvalue weighted by Gasteiger charge is -2.12. The van der Waals surface area contributed by atoms with Crippen LogP contribution >= 0.6 is 23.2 Å². The van der Waals surface area contributed by atoms with Crippen LogP contribution in [0, 0.1) is 5.92 Å². The van der Waals surface area contributed by atoms with Gasteiger partial charge in [-0.3, -0.25) is 0 Å². The molecular weight excluding hydrogens is 245 g/mol. The quantitative estimate of drug-likeness (QED) is 0.874. The first-order valence-corrected chi connectivity index (χ1v) is 6.11. The van der Waals surface area contributed by atoms with Gasteiger partial charge in [-0.25, -0.2) is 0 Å². The van der Waals surface area contributed by atoms with Crippen molar-refractivity contribution in [3.63, 3.8) is 0 Å². The molecule has 2 nitrogen and oxygen atoms in total. The molecule has 1 rings (SSSR count). The number of rotatable bonds is 5. The van der Waals surface area contributed by atoms with Crippen molar-refractivity contribution in [2.45, 2.75) is 26.8 Å². The fourth-order valence-corrected chi connectivity index (χ4v) is 1.91. The molecule has 90 valence electrons. The highest BCUT2D eigenvalue weighted by atomic mass is 35.5. The van der Waals surface area contributed by atoms with E-state index in [0.717, 1.165) is 12.0 Å². The van der Waals surface area contributed by atoms with Crippen LogP contribution in [0.1, 0.15) is 25.8 Å². The zero-order valence-electron chi connectivity index (χ0n) is 9.59. The van der Waals surface area contributed by atoms with Gasteiger partial charge in [-0.05, 0) is 30.0 Å². The van der Waals surface area contributed by atoms with E-state index in [9.17, 15) is 0 Å². The maximum Gasteiger partial charge on any atom is 0.156 e. The molecule has 0 aromatic heterocycles. The molecule has 0 aliphatic rings. The predicted octanol–water partition coefficient (Wildman–Crippen LogP) is 3.88. The van der Waals surface area contributed by atoms with Gasteiger partial charge < -0.3 is 10.5 Å². The Bertz CT molecular complexity index is 330. The SMILES string of the molecule is CC(C)CCOc1c(Cl)cc(CN)cc1Cl. The Morgan fingerprint density at radius 2 is 1.81 bits per heavy atom. The van der Waals surface area contributed by atoms with Crippen LogP contribution in [0.5, 0.6) is 5.75 Å². The molecule has 0 bridgehead atoms. The maximum atomic E-state index is 6.06. The van der Waals surface area contributed by atoms with E-state index in [-0.39, 0.29) is 0 Å². The molecular formula is C12H17Cl2NO. The van der Waals surface area contributed by atoms with E-state index < -0.39 is 0 Å². The number of halogens is 2. The summed E-state index contributed by atoms with van der Waals surface area (Å²) in [5.74, 6) is 1.15. The van der Waals surface area contributed by atoms with E-state index in [1.54, 1.807) is 12.1 Å². The number of ether oxygens (including phenoxy) is 1. The molecule has 0 heterocycles. The number of hydrogen-bond acceptors (Lipinski definition) is 2. The summed E-state index contributed by atoms with van der Waals surface area (Å²) in [6, 6.07) is 3.58. The van der Waals surface area contributed by atoms with Gasteiger partial charge >= 0.3 is 0 Å². The lowest BCUT2D eigenvalue weighted by molar-refractivity contribution is 0.290. The largest absolute Gasteiger partial charge is 0.490 e. The summed E-state index contributed by atoms with van der Waals surface area (Å²) in [5.41, 5.74) is 6.43. The first-order chi connectivity index (χ1) is 7.54. The second-order valence-corrected chi connectivity index (χ2v) is 4.94. The smallest absolute Gasteiger partial charge is 0.156 e. The summed E-state index contributed by atoms with van der Waals surface area (Å²) >= 11 is 12.1. The minimum Gasteiger partial charge on any atom is -0.490 e. The third kappa shape index (κ3) is 3.85. The number of benzene rings is 1. The average molecular weight is 262 g/mol. The Morgan fingerprint density at radius 3 is 2.25 bits per heavy atom. The molecule has 0 radical (unpaired) electrons. The normalized spacial score (nSPS) is 10.9. The van der Waals surface area contributed by atoms with Gasteiger partial charge in [-0.15, -0.1) is 0 Å². The van der Waals surface area contributed by atoms with Gasteiger partial charge in [0.15, 0.2) is 5.75 Å². The van der Waals surface area contributed by atoms with Crippen LogP contribution in [-0.2, 0) is 6.54 Å². The van der Waals surface area contributed by atoms with Gasteiger partial charge in [0.05, 0.1) is 16.7 Å². The summed E-state index contributed by atoms with van der Waals surface area (Å²) < 4.78 is 5.57. The molecule has 0 spiro atoms. The van der Waals surface area contributed by atoms with Crippen molar-refractivity contribution in [3.8, 4) is 5.75 Å². The summed E-state index contributed by atoms with van der Waals surface area (Å²) in [4.78, 5) is 0. The summed E-state index contributed by atoms with van der Waals surface area (Å²) in [7, 11) is 0. The maximum absolute atomic E-state index is 6.06. The standard InChI is InChI=1S/C12H17Cl2NO/c1-8(2)3-4-16-12-10(13)5-9(7-15)6-11(12)14/h5-6,8H,3-4,7,15H2,1-2H3. The molecule has 0 saturated heterocycles. The zero-order valence-corrected chi connectivity index (χ0v) is 11.1. The van der Waals surface area contributed by atoms with Crippen molar-refractivity contribution in [1.82, 2.24) is 0 Å². The topological polar surface area (TPSA) is 35.2 Å². The lowest BCUT2D eigenvalue weighted by Crippen LogP contribution is -2.03. The lowest BCUT2D eigenvalue weighted by atomic mass is 10.1. The van der Waals surface area contributed by atoms with Crippen LogP contribution in [0.2, 0.25) is 10.0 Å². The highest BCUT2D eigenvalue weighted by Crippen LogP contribution is 2.34. The van der Waals surface area contributed by atoms with E-state index in [1.807, 2.05) is 0 Å². The van der Waals surface area contributed by atoms with E-state index >= 15 is 0 Å². The first-order valence-electron chi connectivity index (χ1n) is 5.35. The van der Waals surface area contributed by atoms with Crippen molar-refractivity contribution >= 4 is 23.2 Å². The van der Waals surface area contributed by atoms with Crippen LogP contribution in [0.4, 0.5) is 0 Å². The Kier molecular flexibility index (Phi) is 5.39. The molecule has 4 heteroatoms. The Balaban J connectivity index is 2.72. The summed E-state index contributed by atoms with van der Waals surface area (Å²) in [6.45, 7) is 5.33. The third-order valence-electron chi connectivity index (χ3n) is 2.24. The molecule has 16 heavy (non-hydrogen) atoms. The molecule has 0 atom stereocenters. The van der Waals surface area contributed by atoms with Gasteiger partial charge in [0.1, 0.15) is 0 Å². The number of hydrogen-bond donors (Lipinski definition) is 1. The fraction of sp³-hybridized carbons (Fsp3) is 0.500. The average Bonchev–Trinajstić information content (AvgIpc) is 2.21. The van der Waals surface area contributed by atoms with Crippen molar-refractivity contribution in [2.24, 2.45) is 11.7 Å². The van der Waals surface area contributed by atoms with Crippen LogP contribution in [-0.4, -0.2) is 6.61 Å². The molecule has 1 aromatic rings. The van der Waals surface area contributed by atoms with Crippen molar-refractivity contribution in [1.29, 1.82) is 0 Å². The van der Waals surface area contributed by atoms with Crippen LogP contribution in [0.25, 0.3) is 0 Å². The second kappa shape index (κ2) is 6.33. The minimum absolute atomic E-state index is 0.422. The van der Waals surface area contributed by atoms with Crippen LogP contribution in [0.3, 0.4) is 0 Å². The molecule has 1 aromatic carbocycles. The molecule has 0 aliphatic heterocycles. The second-order valence-electron chi connectivity index (χ2n) is 4.12. The zero-order chi connectivity index (χ0) is 12.1. The van der Waals surface area contributed by atoms with Gasteiger partial charge in [-0.1, -0.05) is 37.0 Å². The predicted molar refractivity (Wildman–Crippen MR) is 69.3 cm³/mol. The number of nitrogens with two attached hydrogens (primary N) is 1. The molecule has 0 amide bonds. The van der Waals surface area contributed by atoms with Gasteiger partial charge in [-0.2, -0.15) is 0 Å². The monoisotopic (exact) mass is 261 g/mol. The fourth-order valence-electron chi connectivity index (χ4n) is 1.26. The van der Waals surface area contributed by atoms with Gasteiger partial charge in [0.25, 0.3) is 0 Å². The van der Waals surface area contributed by atoms with Crippen molar-refractivity contribution in [3.05, 3.63) is 27.7 Å². The van der Waals surface area contributed by atoms with Crippen LogP contribution in [0.15, 0.2) is 12.1 Å². The Hall–Kier alpha value is -0.440. The minimum atomic E-state index is 0.422. The first kappa shape index (κ1) is 13.6. The van der Waals surface area contributed by atoms with E-state index in [4.69, 9.17) is 33.7 Å². The van der Waals surface area contributed by atoms with Gasteiger partial charge in [0.2, 0.25) is 0 Å². The Morgan fingerprint density at radius 1 is 1.25 bits per heavy atom. The van der Waals surface area contributed by atoms with Crippen molar-refractivity contribution < 1.29 is 4.74 Å². The van der Waals surface area contributed by atoms with E-state index in [2.05, 4.69) is 13.8 Å². The summed E-state index contributed by atoms with van der Waals surface area (Å²) in [5, 5.41) is 1.05. The molecule has 0 unspecified atom stereocenters. The van der Waals surface area contributed by atoms with E-state index in [0.29, 0.717) is 34.9 Å². The van der Waals surface area contributed by atoms with Gasteiger partial charge in [0, 0.05) is 6.54 Å². The molecule has 0 saturated carbocycles.